The average molecular weight is 266 g/mol. The summed E-state index contributed by atoms with van der Waals surface area (Å²) in [5.74, 6) is 1.43. The van der Waals surface area contributed by atoms with Gasteiger partial charge in [-0.15, -0.1) is 0 Å². The summed E-state index contributed by atoms with van der Waals surface area (Å²) >= 11 is 0. The summed E-state index contributed by atoms with van der Waals surface area (Å²) in [6.07, 6.45) is 0.0458. The van der Waals surface area contributed by atoms with Crippen LogP contribution in [0.25, 0.3) is 0 Å². The van der Waals surface area contributed by atoms with E-state index < -0.39 is 11.7 Å². The van der Waals surface area contributed by atoms with E-state index in [4.69, 9.17) is 14.2 Å². The second-order valence-electron chi connectivity index (χ2n) is 4.90. The fourth-order valence-electron chi connectivity index (χ4n) is 2.29. The molecule has 0 saturated heterocycles. The largest absolute Gasteiger partial charge is 0.486 e. The fourth-order valence-corrected chi connectivity index (χ4v) is 2.29. The highest BCUT2D eigenvalue weighted by molar-refractivity contribution is 5.44. The van der Waals surface area contributed by atoms with Crippen molar-refractivity contribution in [3.63, 3.8) is 0 Å². The average Bonchev–Trinajstić information content (AvgIpc) is 2.46. The lowest BCUT2D eigenvalue weighted by molar-refractivity contribution is -0.113. The van der Waals surface area contributed by atoms with E-state index in [0.29, 0.717) is 25.6 Å². The van der Waals surface area contributed by atoms with Crippen molar-refractivity contribution in [3.8, 4) is 11.5 Å². The van der Waals surface area contributed by atoms with Crippen molar-refractivity contribution in [3.05, 3.63) is 23.8 Å². The van der Waals surface area contributed by atoms with Crippen LogP contribution in [-0.4, -0.2) is 30.5 Å². The molecule has 2 atom stereocenters. The monoisotopic (exact) mass is 266 g/mol. The van der Waals surface area contributed by atoms with E-state index in [2.05, 4.69) is 0 Å². The molecule has 1 aliphatic rings. The molecule has 0 radical (unpaired) electrons. The lowest BCUT2D eigenvalue weighted by Crippen LogP contribution is -2.35. The Bertz CT molecular complexity index is 432. The highest BCUT2D eigenvalue weighted by Crippen LogP contribution is 2.37. The summed E-state index contributed by atoms with van der Waals surface area (Å²) in [7, 11) is 0. The van der Waals surface area contributed by atoms with Gasteiger partial charge in [-0.3, -0.25) is 0 Å². The second-order valence-corrected chi connectivity index (χ2v) is 4.90. The van der Waals surface area contributed by atoms with E-state index in [1.807, 2.05) is 39.0 Å². The Morgan fingerprint density at radius 3 is 2.58 bits per heavy atom. The van der Waals surface area contributed by atoms with E-state index in [9.17, 15) is 5.11 Å². The molecule has 0 amide bonds. The van der Waals surface area contributed by atoms with Crippen molar-refractivity contribution in [2.75, 3.05) is 19.8 Å². The first kappa shape index (κ1) is 14.2. The Kier molecular flexibility index (Phi) is 4.32. The molecule has 0 aromatic heterocycles. The van der Waals surface area contributed by atoms with E-state index in [0.717, 1.165) is 17.7 Å². The third-order valence-corrected chi connectivity index (χ3v) is 3.64. The first-order chi connectivity index (χ1) is 9.10. The van der Waals surface area contributed by atoms with Crippen LogP contribution in [0, 0.1) is 0 Å². The smallest absolute Gasteiger partial charge is 0.161 e. The predicted octanol–water partition coefficient (Wildman–Crippen LogP) is 2.70. The van der Waals surface area contributed by atoms with E-state index in [1.165, 1.54) is 0 Å². The van der Waals surface area contributed by atoms with Gasteiger partial charge in [-0.1, -0.05) is 13.0 Å². The van der Waals surface area contributed by atoms with Crippen LogP contribution in [0.4, 0.5) is 0 Å². The molecule has 0 bridgehead atoms. The summed E-state index contributed by atoms with van der Waals surface area (Å²) in [6.45, 7) is 7.56. The van der Waals surface area contributed by atoms with Gasteiger partial charge >= 0.3 is 0 Å². The zero-order chi connectivity index (χ0) is 13.9. The third kappa shape index (κ3) is 2.85. The Hall–Kier alpha value is -1.26. The Morgan fingerprint density at radius 2 is 1.95 bits per heavy atom. The molecule has 4 nitrogen and oxygen atoms in total. The molecule has 1 N–H and O–H groups in total. The van der Waals surface area contributed by atoms with Gasteiger partial charge in [0.15, 0.2) is 11.5 Å². The fraction of sp³-hybridized carbons (Fsp3) is 0.600. The maximum Gasteiger partial charge on any atom is 0.161 e. The lowest BCUT2D eigenvalue weighted by atomic mass is 9.90. The third-order valence-electron chi connectivity index (χ3n) is 3.64. The van der Waals surface area contributed by atoms with Crippen LogP contribution < -0.4 is 9.47 Å². The molecule has 2 rings (SSSR count). The molecule has 2 unspecified atom stereocenters. The van der Waals surface area contributed by atoms with Gasteiger partial charge in [0, 0.05) is 6.61 Å². The van der Waals surface area contributed by atoms with Crippen molar-refractivity contribution >= 4 is 0 Å². The Labute approximate surface area is 114 Å². The van der Waals surface area contributed by atoms with Crippen LogP contribution >= 0.6 is 0 Å². The highest BCUT2D eigenvalue weighted by Gasteiger charge is 2.33. The van der Waals surface area contributed by atoms with Crippen LogP contribution in [-0.2, 0) is 4.74 Å². The number of aliphatic hydroxyl groups excluding tert-OH is 1. The second kappa shape index (κ2) is 5.80. The van der Waals surface area contributed by atoms with Gasteiger partial charge in [0.05, 0.1) is 5.60 Å². The van der Waals surface area contributed by atoms with Crippen molar-refractivity contribution in [2.24, 2.45) is 0 Å². The number of fused-ring (bicyclic) bond motifs is 1. The maximum absolute atomic E-state index is 10.6. The molecule has 0 fully saturated rings. The first-order valence-electron chi connectivity index (χ1n) is 6.82. The topological polar surface area (TPSA) is 47.9 Å². The lowest BCUT2D eigenvalue weighted by Gasteiger charge is -2.34. The van der Waals surface area contributed by atoms with E-state index in [-0.39, 0.29) is 0 Å². The molecular weight excluding hydrogens is 244 g/mol. The molecule has 106 valence electrons. The molecule has 19 heavy (non-hydrogen) atoms. The standard InChI is InChI=1S/C15H22O4/c1-4-15(3,19-5-2)14(16)11-6-7-12-13(10-11)18-9-8-17-12/h6-7,10,14,16H,4-5,8-9H2,1-3H3. The molecule has 1 heterocycles. The van der Waals surface area contributed by atoms with Gasteiger partial charge in [-0.2, -0.15) is 0 Å². The number of ether oxygens (including phenoxy) is 3. The van der Waals surface area contributed by atoms with Gasteiger partial charge in [-0.05, 0) is 38.0 Å². The molecular formula is C15H22O4. The molecule has 0 spiro atoms. The number of benzene rings is 1. The Balaban J connectivity index is 2.25. The zero-order valence-electron chi connectivity index (χ0n) is 11.8. The van der Waals surface area contributed by atoms with Crippen molar-refractivity contribution in [1.29, 1.82) is 0 Å². The van der Waals surface area contributed by atoms with Gasteiger partial charge in [-0.25, -0.2) is 0 Å². The molecule has 1 aromatic carbocycles. The molecule has 1 aliphatic heterocycles. The minimum Gasteiger partial charge on any atom is -0.486 e. The maximum atomic E-state index is 10.6. The number of hydrogen-bond acceptors (Lipinski definition) is 4. The predicted molar refractivity (Wildman–Crippen MR) is 72.7 cm³/mol. The number of aliphatic hydroxyl groups is 1. The van der Waals surface area contributed by atoms with Crippen molar-refractivity contribution in [1.82, 2.24) is 0 Å². The van der Waals surface area contributed by atoms with E-state index >= 15 is 0 Å². The SMILES string of the molecule is CCOC(C)(CC)C(O)c1ccc2c(c1)OCCO2. The normalized spacial score (nSPS) is 18.7. The van der Waals surface area contributed by atoms with Gasteiger partial charge in [0.25, 0.3) is 0 Å². The summed E-state index contributed by atoms with van der Waals surface area (Å²) in [5.41, 5.74) is 0.209. The summed E-state index contributed by atoms with van der Waals surface area (Å²) in [4.78, 5) is 0. The molecule has 0 aliphatic carbocycles. The van der Waals surface area contributed by atoms with Crippen LogP contribution in [0.1, 0.15) is 38.9 Å². The molecule has 0 saturated carbocycles. The number of hydrogen-bond donors (Lipinski definition) is 1. The minimum atomic E-state index is -0.687. The van der Waals surface area contributed by atoms with Crippen LogP contribution in [0.3, 0.4) is 0 Å². The van der Waals surface area contributed by atoms with Gasteiger partial charge in [0.1, 0.15) is 19.3 Å². The summed E-state index contributed by atoms with van der Waals surface area (Å²) < 4.78 is 16.7. The summed E-state index contributed by atoms with van der Waals surface area (Å²) in [6, 6.07) is 5.55. The van der Waals surface area contributed by atoms with Crippen LogP contribution in [0.5, 0.6) is 11.5 Å². The van der Waals surface area contributed by atoms with Gasteiger partial charge in [0.2, 0.25) is 0 Å². The molecule has 4 heteroatoms. The van der Waals surface area contributed by atoms with Crippen molar-refractivity contribution < 1.29 is 19.3 Å². The van der Waals surface area contributed by atoms with E-state index in [1.54, 1.807) is 0 Å². The van der Waals surface area contributed by atoms with Crippen LogP contribution in [0.2, 0.25) is 0 Å². The summed E-state index contributed by atoms with van der Waals surface area (Å²) in [5, 5.41) is 10.6. The minimum absolute atomic E-state index is 0.545. The Morgan fingerprint density at radius 1 is 1.26 bits per heavy atom. The van der Waals surface area contributed by atoms with Crippen molar-refractivity contribution in [2.45, 2.75) is 38.9 Å². The number of rotatable bonds is 5. The van der Waals surface area contributed by atoms with Gasteiger partial charge < -0.3 is 19.3 Å². The van der Waals surface area contributed by atoms with Crippen LogP contribution in [0.15, 0.2) is 18.2 Å². The zero-order valence-corrected chi connectivity index (χ0v) is 11.8. The highest BCUT2D eigenvalue weighted by atomic mass is 16.6. The molecule has 1 aromatic rings. The first-order valence-corrected chi connectivity index (χ1v) is 6.82. The quantitative estimate of drug-likeness (QED) is 0.890.